The number of aromatic nitrogens is 2. The zero-order valence-electron chi connectivity index (χ0n) is 22.7. The summed E-state index contributed by atoms with van der Waals surface area (Å²) in [7, 11) is 3.42. The van der Waals surface area contributed by atoms with E-state index in [9.17, 15) is 0 Å². The van der Waals surface area contributed by atoms with Gasteiger partial charge in [-0.1, -0.05) is 46.2 Å². The Kier molecular flexibility index (Phi) is 10.6. The molecule has 2 aliphatic rings. The van der Waals surface area contributed by atoms with Crippen LogP contribution in [-0.2, 0) is 13.0 Å². The fourth-order valence-corrected chi connectivity index (χ4v) is 5.31. The first-order chi connectivity index (χ1) is 17.2. The zero-order valence-corrected chi connectivity index (χ0v) is 22.7. The average molecular weight is 484 g/mol. The highest BCUT2D eigenvalue weighted by atomic mass is 16.5. The lowest BCUT2D eigenvalue weighted by Gasteiger charge is -2.39. The SMILES string of the molecule is CC.CCCCN1CCN(c2ncnc3c2CCN(C(CC)c2cccc(OC)c2OC)C3)CC1. The van der Waals surface area contributed by atoms with E-state index in [0.717, 1.165) is 69.4 Å². The number of anilines is 1. The zero-order chi connectivity index (χ0) is 25.2. The third kappa shape index (κ3) is 6.25. The molecular weight excluding hydrogens is 438 g/mol. The van der Waals surface area contributed by atoms with Crippen molar-refractivity contribution in [2.24, 2.45) is 0 Å². The Labute approximate surface area is 212 Å². The predicted octanol–water partition coefficient (Wildman–Crippen LogP) is 4.95. The molecule has 0 bridgehead atoms. The van der Waals surface area contributed by atoms with Crippen LogP contribution in [0.4, 0.5) is 5.82 Å². The van der Waals surface area contributed by atoms with Gasteiger partial charge in [-0.3, -0.25) is 9.80 Å². The number of hydrogen-bond acceptors (Lipinski definition) is 7. The molecule has 7 nitrogen and oxygen atoms in total. The van der Waals surface area contributed by atoms with Crippen molar-refractivity contribution in [1.82, 2.24) is 19.8 Å². The molecule has 1 saturated heterocycles. The highest BCUT2D eigenvalue weighted by molar-refractivity contribution is 5.51. The van der Waals surface area contributed by atoms with Crippen LogP contribution in [0.5, 0.6) is 11.5 Å². The second-order valence-corrected chi connectivity index (χ2v) is 9.03. The number of piperazine rings is 1. The summed E-state index contributed by atoms with van der Waals surface area (Å²) >= 11 is 0. The summed E-state index contributed by atoms with van der Waals surface area (Å²) in [5.74, 6) is 2.78. The Bertz CT molecular complexity index is 914. The van der Waals surface area contributed by atoms with Crippen LogP contribution in [0.3, 0.4) is 0 Å². The quantitative estimate of drug-likeness (QED) is 0.500. The normalized spacial score (nSPS) is 17.3. The van der Waals surface area contributed by atoms with Crippen LogP contribution < -0.4 is 14.4 Å². The van der Waals surface area contributed by atoms with Gasteiger partial charge < -0.3 is 14.4 Å². The first-order valence-electron chi connectivity index (χ1n) is 13.4. The van der Waals surface area contributed by atoms with Gasteiger partial charge in [-0.25, -0.2) is 9.97 Å². The minimum Gasteiger partial charge on any atom is -0.493 e. The van der Waals surface area contributed by atoms with E-state index in [0.29, 0.717) is 0 Å². The van der Waals surface area contributed by atoms with Crippen LogP contribution in [0, 0.1) is 0 Å². The molecule has 35 heavy (non-hydrogen) atoms. The van der Waals surface area contributed by atoms with E-state index in [1.165, 1.54) is 36.2 Å². The fourth-order valence-electron chi connectivity index (χ4n) is 5.31. The van der Waals surface area contributed by atoms with Gasteiger partial charge in [0.1, 0.15) is 12.1 Å². The minimum absolute atomic E-state index is 0.253. The molecule has 2 aliphatic heterocycles. The molecule has 0 saturated carbocycles. The van der Waals surface area contributed by atoms with E-state index in [2.05, 4.69) is 40.7 Å². The van der Waals surface area contributed by atoms with E-state index in [1.807, 2.05) is 19.9 Å². The molecule has 7 heteroatoms. The van der Waals surface area contributed by atoms with Crippen molar-refractivity contribution in [1.29, 1.82) is 0 Å². The number of hydrogen-bond donors (Lipinski definition) is 0. The number of fused-ring (bicyclic) bond motifs is 1. The molecule has 4 rings (SSSR count). The third-order valence-electron chi connectivity index (χ3n) is 7.13. The fraction of sp³-hybridized carbons (Fsp3) is 0.643. The van der Waals surface area contributed by atoms with Gasteiger partial charge in [-0.05, 0) is 31.9 Å². The molecule has 0 N–H and O–H groups in total. The molecule has 0 radical (unpaired) electrons. The van der Waals surface area contributed by atoms with Gasteiger partial charge in [0.05, 0.1) is 19.9 Å². The second-order valence-electron chi connectivity index (χ2n) is 9.03. The number of para-hydroxylation sites is 1. The summed E-state index contributed by atoms with van der Waals surface area (Å²) in [6.07, 6.45) is 6.28. The highest BCUT2D eigenvalue weighted by Crippen LogP contribution is 2.40. The van der Waals surface area contributed by atoms with Crippen molar-refractivity contribution in [2.75, 3.05) is 58.4 Å². The molecule has 1 fully saturated rings. The van der Waals surface area contributed by atoms with Gasteiger partial charge in [0.2, 0.25) is 0 Å². The smallest absolute Gasteiger partial charge is 0.165 e. The molecule has 0 aliphatic carbocycles. The van der Waals surface area contributed by atoms with Gasteiger partial charge in [0.25, 0.3) is 0 Å². The summed E-state index contributed by atoms with van der Waals surface area (Å²) in [6, 6.07) is 6.43. The number of ether oxygens (including phenoxy) is 2. The van der Waals surface area contributed by atoms with E-state index in [-0.39, 0.29) is 6.04 Å². The number of rotatable bonds is 9. The number of unbranched alkanes of at least 4 members (excludes halogenated alkanes) is 1. The van der Waals surface area contributed by atoms with Crippen molar-refractivity contribution >= 4 is 5.82 Å². The molecule has 1 aromatic carbocycles. The van der Waals surface area contributed by atoms with Crippen molar-refractivity contribution in [3.05, 3.63) is 41.3 Å². The summed E-state index contributed by atoms with van der Waals surface area (Å²) in [5, 5.41) is 0. The van der Waals surface area contributed by atoms with Gasteiger partial charge in [-0.2, -0.15) is 0 Å². The first kappa shape index (κ1) is 27.2. The number of nitrogens with zero attached hydrogens (tertiary/aromatic N) is 5. The monoisotopic (exact) mass is 483 g/mol. The Morgan fingerprint density at radius 1 is 0.971 bits per heavy atom. The van der Waals surface area contributed by atoms with Crippen LogP contribution in [0.15, 0.2) is 24.5 Å². The highest BCUT2D eigenvalue weighted by Gasteiger charge is 2.30. The Morgan fingerprint density at radius 2 is 1.74 bits per heavy atom. The standard InChI is InChI=1S/C26H39N5O2.C2H6/c1-5-7-12-29-14-16-30(17-15-29)26-20-11-13-31(18-22(20)27-19-28-26)23(6-2)21-9-8-10-24(32-3)25(21)33-4;1-2/h8-10,19,23H,5-7,11-18H2,1-4H3;1-2H3. The van der Waals surface area contributed by atoms with E-state index in [4.69, 9.17) is 19.4 Å². The Hall–Kier alpha value is -2.38. The van der Waals surface area contributed by atoms with Crippen molar-refractivity contribution in [3.63, 3.8) is 0 Å². The van der Waals surface area contributed by atoms with Crippen LogP contribution in [0.1, 0.15) is 69.8 Å². The molecule has 194 valence electrons. The van der Waals surface area contributed by atoms with E-state index in [1.54, 1.807) is 20.5 Å². The molecule has 1 aromatic heterocycles. The van der Waals surface area contributed by atoms with E-state index < -0.39 is 0 Å². The minimum atomic E-state index is 0.253. The van der Waals surface area contributed by atoms with Crippen LogP contribution in [0.25, 0.3) is 0 Å². The Balaban J connectivity index is 0.00000167. The lowest BCUT2D eigenvalue weighted by Crippen LogP contribution is -2.47. The summed E-state index contributed by atoms with van der Waals surface area (Å²) in [4.78, 5) is 17.0. The molecule has 3 heterocycles. The van der Waals surface area contributed by atoms with Gasteiger partial charge in [0, 0.05) is 56.4 Å². The molecule has 1 unspecified atom stereocenters. The lowest BCUT2D eigenvalue weighted by atomic mass is 9.96. The van der Waals surface area contributed by atoms with Crippen LogP contribution >= 0.6 is 0 Å². The summed E-state index contributed by atoms with van der Waals surface area (Å²) in [5.41, 5.74) is 3.68. The van der Waals surface area contributed by atoms with E-state index >= 15 is 0 Å². The molecule has 0 amide bonds. The number of methoxy groups -OCH3 is 2. The number of benzene rings is 1. The maximum Gasteiger partial charge on any atom is 0.165 e. The maximum atomic E-state index is 5.75. The molecule has 1 atom stereocenters. The van der Waals surface area contributed by atoms with Crippen LogP contribution in [0.2, 0.25) is 0 Å². The largest absolute Gasteiger partial charge is 0.493 e. The van der Waals surface area contributed by atoms with Crippen molar-refractivity contribution < 1.29 is 9.47 Å². The third-order valence-corrected chi connectivity index (χ3v) is 7.13. The van der Waals surface area contributed by atoms with Crippen molar-refractivity contribution in [2.45, 2.75) is 66.0 Å². The first-order valence-corrected chi connectivity index (χ1v) is 13.4. The van der Waals surface area contributed by atoms with Gasteiger partial charge >= 0.3 is 0 Å². The maximum absolute atomic E-state index is 5.75. The Morgan fingerprint density at radius 3 is 2.40 bits per heavy atom. The molecule has 2 aromatic rings. The van der Waals surface area contributed by atoms with Gasteiger partial charge in [0.15, 0.2) is 11.5 Å². The van der Waals surface area contributed by atoms with Gasteiger partial charge in [-0.15, -0.1) is 0 Å². The predicted molar refractivity (Wildman–Crippen MR) is 144 cm³/mol. The topological polar surface area (TPSA) is 54.0 Å². The molecular formula is C28H45N5O2. The average Bonchev–Trinajstić information content (AvgIpc) is 2.93. The summed E-state index contributed by atoms with van der Waals surface area (Å²) < 4.78 is 11.3. The molecule has 0 spiro atoms. The van der Waals surface area contributed by atoms with Crippen molar-refractivity contribution in [3.8, 4) is 11.5 Å². The second kappa shape index (κ2) is 13.6. The lowest BCUT2D eigenvalue weighted by molar-refractivity contribution is 0.167. The van der Waals surface area contributed by atoms with Crippen LogP contribution in [-0.4, -0.2) is 73.3 Å². The summed E-state index contributed by atoms with van der Waals surface area (Å²) in [6.45, 7) is 15.9.